The zero-order valence-corrected chi connectivity index (χ0v) is 23.3. The molecule has 0 radical (unpaired) electrons. The van der Waals surface area contributed by atoms with Crippen molar-refractivity contribution in [3.63, 3.8) is 0 Å². The molecule has 0 unspecified atom stereocenters. The van der Waals surface area contributed by atoms with Crippen molar-refractivity contribution in [2.75, 3.05) is 25.7 Å². The van der Waals surface area contributed by atoms with E-state index >= 15 is 0 Å². The molecule has 1 heterocycles. The van der Waals surface area contributed by atoms with Gasteiger partial charge in [-0.05, 0) is 69.2 Å². The first-order chi connectivity index (χ1) is 17.2. The Bertz CT molecular complexity index is 1080. The van der Waals surface area contributed by atoms with E-state index in [-0.39, 0.29) is 10.8 Å². The molecule has 36 heavy (non-hydrogen) atoms. The van der Waals surface area contributed by atoms with Crippen LogP contribution in [0, 0.1) is 0 Å². The number of hydrogen-bond acceptors (Lipinski definition) is 5. The van der Waals surface area contributed by atoms with Crippen molar-refractivity contribution >= 4 is 16.8 Å². The molecule has 0 aliphatic carbocycles. The number of methoxy groups -OCH3 is 2. The normalized spacial score (nSPS) is 13.3. The Morgan fingerprint density at radius 2 is 1.39 bits per heavy atom. The maximum Gasteiger partial charge on any atom is 0.133 e. The number of anilines is 1. The van der Waals surface area contributed by atoms with Gasteiger partial charge >= 0.3 is 0 Å². The van der Waals surface area contributed by atoms with Crippen molar-refractivity contribution in [1.82, 2.24) is 9.29 Å². The van der Waals surface area contributed by atoms with Gasteiger partial charge in [0.25, 0.3) is 0 Å². The number of rotatable bonds is 11. The number of aromatic nitrogens is 1. The van der Waals surface area contributed by atoms with Crippen molar-refractivity contribution in [3.8, 4) is 11.5 Å². The van der Waals surface area contributed by atoms with Crippen molar-refractivity contribution in [1.29, 1.82) is 0 Å². The Balaban J connectivity index is 2.01. The second kappa shape index (κ2) is 12.4. The minimum absolute atomic E-state index is 0.0759. The molecular formula is C29H39N3O3S. The number of hydrogen-bond donors (Lipinski definition) is 0. The van der Waals surface area contributed by atoms with Gasteiger partial charge in [0.15, 0.2) is 0 Å². The van der Waals surface area contributed by atoms with Crippen molar-refractivity contribution in [3.05, 3.63) is 83.6 Å². The fourth-order valence-corrected chi connectivity index (χ4v) is 5.49. The van der Waals surface area contributed by atoms with Gasteiger partial charge in [-0.25, -0.2) is 13.5 Å². The summed E-state index contributed by atoms with van der Waals surface area (Å²) in [6.45, 7) is 12.2. The fraction of sp³-hybridized carbons (Fsp3) is 0.414. The van der Waals surface area contributed by atoms with Gasteiger partial charge in [0.1, 0.15) is 28.3 Å². The SMILES string of the molecule is CCN([C@H](C)c1cccnc1N(Cc1ccc(OC)cc1)Cc1ccc(OC)cc1)[S@@](=O)C(C)(C)C. The zero-order valence-electron chi connectivity index (χ0n) is 22.5. The minimum atomic E-state index is -1.15. The summed E-state index contributed by atoms with van der Waals surface area (Å²) in [5.41, 5.74) is 3.36. The number of ether oxygens (including phenoxy) is 2. The molecule has 0 aliphatic rings. The summed E-state index contributed by atoms with van der Waals surface area (Å²) < 4.78 is 25.8. The van der Waals surface area contributed by atoms with Crippen molar-refractivity contribution < 1.29 is 13.7 Å². The highest BCUT2D eigenvalue weighted by Crippen LogP contribution is 2.33. The van der Waals surface area contributed by atoms with E-state index < -0.39 is 11.0 Å². The molecule has 0 saturated heterocycles. The quantitative estimate of drug-likeness (QED) is 0.310. The highest BCUT2D eigenvalue weighted by molar-refractivity contribution is 7.84. The fourth-order valence-electron chi connectivity index (χ4n) is 4.15. The lowest BCUT2D eigenvalue weighted by Gasteiger charge is -2.35. The zero-order chi connectivity index (χ0) is 26.3. The van der Waals surface area contributed by atoms with Gasteiger partial charge in [-0.3, -0.25) is 0 Å². The molecule has 3 aromatic rings. The van der Waals surface area contributed by atoms with Gasteiger partial charge in [-0.1, -0.05) is 37.3 Å². The molecule has 1 aromatic heterocycles. The second-order valence-corrected chi connectivity index (χ2v) is 11.9. The summed E-state index contributed by atoms with van der Waals surface area (Å²) in [5, 5.41) is 0. The molecule has 0 fully saturated rings. The Hall–Kier alpha value is -2.90. The summed E-state index contributed by atoms with van der Waals surface area (Å²) in [6, 6.07) is 20.2. The molecular weight excluding hydrogens is 470 g/mol. The maximum atomic E-state index is 13.4. The van der Waals surface area contributed by atoms with Crippen LogP contribution in [0.2, 0.25) is 0 Å². The highest BCUT2D eigenvalue weighted by Gasteiger charge is 2.31. The molecule has 3 rings (SSSR count). The molecule has 6 nitrogen and oxygen atoms in total. The van der Waals surface area contributed by atoms with Crippen LogP contribution in [0.4, 0.5) is 5.82 Å². The third-order valence-electron chi connectivity index (χ3n) is 6.11. The Kier molecular flexibility index (Phi) is 9.51. The van der Waals surface area contributed by atoms with Gasteiger partial charge < -0.3 is 14.4 Å². The Labute approximate surface area is 218 Å². The predicted molar refractivity (Wildman–Crippen MR) is 149 cm³/mol. The van der Waals surface area contributed by atoms with Gasteiger partial charge in [0.05, 0.1) is 19.0 Å². The van der Waals surface area contributed by atoms with Gasteiger partial charge in [0, 0.05) is 37.4 Å². The number of nitrogens with zero attached hydrogens (tertiary/aromatic N) is 3. The molecule has 0 bridgehead atoms. The summed E-state index contributed by atoms with van der Waals surface area (Å²) >= 11 is 0. The minimum Gasteiger partial charge on any atom is -0.497 e. The van der Waals surface area contributed by atoms with Gasteiger partial charge in [-0.2, -0.15) is 0 Å². The summed E-state index contributed by atoms with van der Waals surface area (Å²) in [7, 11) is 2.20. The van der Waals surface area contributed by atoms with Crippen LogP contribution in [0.1, 0.15) is 57.4 Å². The molecule has 0 aliphatic heterocycles. The van der Waals surface area contributed by atoms with E-state index in [0.29, 0.717) is 19.6 Å². The third kappa shape index (κ3) is 6.86. The largest absolute Gasteiger partial charge is 0.497 e. The van der Waals surface area contributed by atoms with E-state index in [1.807, 2.05) is 57.3 Å². The maximum absolute atomic E-state index is 13.4. The Morgan fingerprint density at radius 1 is 0.889 bits per heavy atom. The first-order valence-electron chi connectivity index (χ1n) is 12.3. The van der Waals surface area contributed by atoms with Crippen LogP contribution in [0.15, 0.2) is 66.9 Å². The lowest BCUT2D eigenvalue weighted by Crippen LogP contribution is -2.39. The summed E-state index contributed by atoms with van der Waals surface area (Å²) in [5.74, 6) is 2.55. The van der Waals surface area contributed by atoms with Crippen molar-refractivity contribution in [2.24, 2.45) is 0 Å². The van der Waals surface area contributed by atoms with Crippen LogP contribution in [0.25, 0.3) is 0 Å². The van der Waals surface area contributed by atoms with Crippen LogP contribution < -0.4 is 14.4 Å². The van der Waals surface area contributed by atoms with E-state index in [1.54, 1.807) is 14.2 Å². The molecule has 2 aromatic carbocycles. The van der Waals surface area contributed by atoms with Crippen LogP contribution in [-0.2, 0) is 24.1 Å². The van der Waals surface area contributed by atoms with E-state index in [2.05, 4.69) is 53.4 Å². The Morgan fingerprint density at radius 3 is 1.81 bits per heavy atom. The van der Waals surface area contributed by atoms with E-state index in [1.165, 1.54) is 0 Å². The smallest absolute Gasteiger partial charge is 0.133 e. The number of pyridine rings is 1. The standard InChI is InChI=1S/C29H39N3O3S/c1-8-32(36(33)29(3,4)5)22(2)27-10-9-19-30-28(27)31(20-23-11-15-25(34-6)16-12-23)21-24-13-17-26(35-7)18-14-24/h9-19,22H,8,20-21H2,1-7H3/t22-,36+/m1/s1. The topological polar surface area (TPSA) is 54.9 Å². The van der Waals surface area contributed by atoms with Gasteiger partial charge in [0.2, 0.25) is 0 Å². The monoisotopic (exact) mass is 509 g/mol. The molecule has 2 atom stereocenters. The van der Waals surface area contributed by atoms with Crippen LogP contribution in [-0.4, -0.2) is 39.0 Å². The van der Waals surface area contributed by atoms with Crippen LogP contribution in [0.5, 0.6) is 11.5 Å². The number of benzene rings is 2. The average molecular weight is 510 g/mol. The summed E-state index contributed by atoms with van der Waals surface area (Å²) in [4.78, 5) is 7.13. The van der Waals surface area contributed by atoms with E-state index in [0.717, 1.165) is 34.0 Å². The summed E-state index contributed by atoms with van der Waals surface area (Å²) in [6.07, 6.45) is 1.83. The molecule has 194 valence electrons. The highest BCUT2D eigenvalue weighted by atomic mass is 32.2. The van der Waals surface area contributed by atoms with Gasteiger partial charge in [-0.15, -0.1) is 0 Å². The lowest BCUT2D eigenvalue weighted by atomic mass is 10.1. The van der Waals surface area contributed by atoms with Crippen LogP contribution >= 0.6 is 0 Å². The van der Waals surface area contributed by atoms with E-state index in [4.69, 9.17) is 14.5 Å². The van der Waals surface area contributed by atoms with Crippen LogP contribution in [0.3, 0.4) is 0 Å². The molecule has 0 saturated carbocycles. The molecule has 0 N–H and O–H groups in total. The lowest BCUT2D eigenvalue weighted by molar-refractivity contribution is 0.371. The first kappa shape index (κ1) is 27.7. The molecule has 0 spiro atoms. The first-order valence-corrected chi connectivity index (χ1v) is 13.4. The van der Waals surface area contributed by atoms with Crippen molar-refractivity contribution in [2.45, 2.75) is 58.5 Å². The predicted octanol–water partition coefficient (Wildman–Crippen LogP) is 6.15. The molecule has 7 heteroatoms. The second-order valence-electron chi connectivity index (χ2n) is 9.74. The average Bonchev–Trinajstić information content (AvgIpc) is 2.89. The third-order valence-corrected chi connectivity index (χ3v) is 8.16. The molecule has 0 amide bonds. The van der Waals surface area contributed by atoms with E-state index in [9.17, 15) is 4.21 Å².